The molecule has 0 aliphatic carbocycles. The predicted molar refractivity (Wildman–Crippen MR) is 100 cm³/mol. The van der Waals surface area contributed by atoms with Gasteiger partial charge in [-0.2, -0.15) is 5.10 Å². The molecule has 0 bridgehead atoms. The van der Waals surface area contributed by atoms with E-state index in [4.69, 9.17) is 9.47 Å². The third-order valence-electron chi connectivity index (χ3n) is 3.82. The van der Waals surface area contributed by atoms with Crippen LogP contribution >= 0.6 is 0 Å². The van der Waals surface area contributed by atoms with Gasteiger partial charge in [-0.3, -0.25) is 9.48 Å². The van der Waals surface area contributed by atoms with Crippen molar-refractivity contribution in [3.05, 3.63) is 83.7 Å². The standard InChI is InChI=1S/C21H20N2O3/c1-23-13-12-18(22-23)19(24)10-8-16-9-11-20(21(14-16)25-2)26-15-17-6-4-3-5-7-17/h3-14H,15H2,1-2H3/b10-8+. The van der Waals surface area contributed by atoms with E-state index in [2.05, 4.69) is 5.10 Å². The Morgan fingerprint density at radius 2 is 1.92 bits per heavy atom. The SMILES string of the molecule is COc1cc(/C=C/C(=O)c2ccn(C)n2)ccc1OCc1ccccc1. The second-order valence-electron chi connectivity index (χ2n) is 5.76. The molecule has 0 saturated carbocycles. The summed E-state index contributed by atoms with van der Waals surface area (Å²) in [5.74, 6) is 1.13. The number of carbonyl (C=O) groups excluding carboxylic acids is 1. The number of aryl methyl sites for hydroxylation is 1. The molecule has 1 aromatic heterocycles. The largest absolute Gasteiger partial charge is 0.493 e. The van der Waals surface area contributed by atoms with Gasteiger partial charge in [0.05, 0.1) is 7.11 Å². The molecule has 3 rings (SSSR count). The second-order valence-corrected chi connectivity index (χ2v) is 5.76. The molecule has 2 aromatic carbocycles. The minimum absolute atomic E-state index is 0.144. The highest BCUT2D eigenvalue weighted by Gasteiger charge is 2.07. The van der Waals surface area contributed by atoms with Gasteiger partial charge in [0, 0.05) is 13.2 Å². The Bertz CT molecular complexity index is 914. The van der Waals surface area contributed by atoms with Crippen LogP contribution in [0, 0.1) is 0 Å². The van der Waals surface area contributed by atoms with Gasteiger partial charge in [-0.25, -0.2) is 0 Å². The topological polar surface area (TPSA) is 53.4 Å². The Labute approximate surface area is 152 Å². The summed E-state index contributed by atoms with van der Waals surface area (Å²) in [7, 11) is 3.37. The molecule has 5 heteroatoms. The van der Waals surface area contributed by atoms with Crippen LogP contribution in [0.5, 0.6) is 11.5 Å². The van der Waals surface area contributed by atoms with Gasteiger partial charge in [0.2, 0.25) is 5.78 Å². The van der Waals surface area contributed by atoms with Gasteiger partial charge in [0.15, 0.2) is 11.5 Å². The van der Waals surface area contributed by atoms with Crippen LogP contribution < -0.4 is 9.47 Å². The number of benzene rings is 2. The lowest BCUT2D eigenvalue weighted by molar-refractivity contribution is 0.104. The zero-order chi connectivity index (χ0) is 18.4. The van der Waals surface area contributed by atoms with E-state index in [1.807, 2.05) is 48.5 Å². The molecule has 26 heavy (non-hydrogen) atoms. The molecule has 3 aromatic rings. The summed E-state index contributed by atoms with van der Waals surface area (Å²) >= 11 is 0. The van der Waals surface area contributed by atoms with Gasteiger partial charge in [-0.1, -0.05) is 42.5 Å². The molecule has 0 fully saturated rings. The van der Waals surface area contributed by atoms with Crippen molar-refractivity contribution in [1.29, 1.82) is 0 Å². The van der Waals surface area contributed by atoms with Crippen molar-refractivity contribution in [2.24, 2.45) is 7.05 Å². The number of rotatable bonds is 7. The fourth-order valence-electron chi connectivity index (χ4n) is 2.45. The van der Waals surface area contributed by atoms with E-state index >= 15 is 0 Å². The lowest BCUT2D eigenvalue weighted by atomic mass is 10.1. The number of ketones is 1. The summed E-state index contributed by atoms with van der Waals surface area (Å²) < 4.78 is 12.8. The maximum Gasteiger partial charge on any atom is 0.206 e. The van der Waals surface area contributed by atoms with Crippen LogP contribution in [0.4, 0.5) is 0 Å². The first-order valence-corrected chi connectivity index (χ1v) is 8.22. The van der Waals surface area contributed by atoms with Crippen LogP contribution in [0.3, 0.4) is 0 Å². The molecule has 0 aliphatic rings. The number of hydrogen-bond acceptors (Lipinski definition) is 4. The van der Waals surface area contributed by atoms with Crippen LogP contribution in [0.1, 0.15) is 21.6 Å². The molecule has 1 heterocycles. The van der Waals surface area contributed by atoms with Gasteiger partial charge < -0.3 is 9.47 Å². The van der Waals surface area contributed by atoms with Crippen molar-refractivity contribution >= 4 is 11.9 Å². The number of aromatic nitrogens is 2. The Balaban J connectivity index is 1.69. The van der Waals surface area contributed by atoms with Gasteiger partial charge in [-0.05, 0) is 35.4 Å². The minimum atomic E-state index is -0.144. The highest BCUT2D eigenvalue weighted by Crippen LogP contribution is 2.29. The minimum Gasteiger partial charge on any atom is -0.493 e. The van der Waals surface area contributed by atoms with E-state index in [9.17, 15) is 4.79 Å². The van der Waals surface area contributed by atoms with Crippen LogP contribution in [0.25, 0.3) is 6.08 Å². The summed E-state index contributed by atoms with van der Waals surface area (Å²) in [6.07, 6.45) is 4.98. The number of allylic oxidation sites excluding steroid dienone is 1. The summed E-state index contributed by atoms with van der Waals surface area (Å²) in [4.78, 5) is 12.1. The van der Waals surface area contributed by atoms with Crippen molar-refractivity contribution < 1.29 is 14.3 Å². The first-order chi connectivity index (χ1) is 12.7. The summed E-state index contributed by atoms with van der Waals surface area (Å²) in [6, 6.07) is 17.2. The van der Waals surface area contributed by atoms with Crippen molar-refractivity contribution in [3.8, 4) is 11.5 Å². The van der Waals surface area contributed by atoms with E-state index in [-0.39, 0.29) is 5.78 Å². The Kier molecular flexibility index (Phi) is 5.49. The van der Waals surface area contributed by atoms with Crippen molar-refractivity contribution in [2.75, 3.05) is 7.11 Å². The fraction of sp³-hybridized carbons (Fsp3) is 0.143. The highest BCUT2D eigenvalue weighted by molar-refractivity contribution is 6.05. The Morgan fingerprint density at radius 3 is 2.62 bits per heavy atom. The van der Waals surface area contributed by atoms with Gasteiger partial charge in [0.1, 0.15) is 12.3 Å². The quantitative estimate of drug-likeness (QED) is 0.480. The molecule has 0 unspecified atom stereocenters. The second kappa shape index (κ2) is 8.16. The first-order valence-electron chi connectivity index (χ1n) is 8.22. The van der Waals surface area contributed by atoms with E-state index < -0.39 is 0 Å². The van der Waals surface area contributed by atoms with Gasteiger partial charge in [0.25, 0.3) is 0 Å². The maximum absolute atomic E-state index is 12.1. The lowest BCUT2D eigenvalue weighted by Gasteiger charge is -2.11. The molecule has 0 N–H and O–H groups in total. The summed E-state index contributed by atoms with van der Waals surface area (Å²) in [6.45, 7) is 0.463. The Morgan fingerprint density at radius 1 is 1.12 bits per heavy atom. The van der Waals surface area contributed by atoms with Gasteiger partial charge in [-0.15, -0.1) is 0 Å². The monoisotopic (exact) mass is 348 g/mol. The normalized spacial score (nSPS) is 10.8. The number of nitrogens with zero attached hydrogens (tertiary/aromatic N) is 2. The average Bonchev–Trinajstić information content (AvgIpc) is 3.12. The fourth-order valence-corrected chi connectivity index (χ4v) is 2.45. The van der Waals surface area contributed by atoms with Gasteiger partial charge >= 0.3 is 0 Å². The van der Waals surface area contributed by atoms with E-state index in [1.165, 1.54) is 6.08 Å². The van der Waals surface area contributed by atoms with E-state index in [0.717, 1.165) is 11.1 Å². The van der Waals surface area contributed by atoms with E-state index in [1.54, 1.807) is 37.2 Å². The number of hydrogen-bond donors (Lipinski definition) is 0. The molecular weight excluding hydrogens is 328 g/mol. The lowest BCUT2D eigenvalue weighted by Crippen LogP contribution is -1.98. The molecular formula is C21H20N2O3. The molecule has 0 aliphatic heterocycles. The molecule has 0 amide bonds. The number of methoxy groups -OCH3 is 1. The Hall–Kier alpha value is -3.34. The molecule has 0 radical (unpaired) electrons. The van der Waals surface area contributed by atoms with Crippen LogP contribution in [0.2, 0.25) is 0 Å². The summed E-state index contributed by atoms with van der Waals surface area (Å²) in [5, 5.41) is 4.10. The highest BCUT2D eigenvalue weighted by atomic mass is 16.5. The van der Waals surface area contributed by atoms with Crippen LogP contribution in [0.15, 0.2) is 66.9 Å². The molecule has 132 valence electrons. The maximum atomic E-state index is 12.1. The van der Waals surface area contributed by atoms with Crippen LogP contribution in [-0.4, -0.2) is 22.7 Å². The molecule has 0 atom stereocenters. The average molecular weight is 348 g/mol. The zero-order valence-electron chi connectivity index (χ0n) is 14.8. The third kappa shape index (κ3) is 4.39. The van der Waals surface area contributed by atoms with E-state index in [0.29, 0.717) is 23.8 Å². The number of ether oxygens (including phenoxy) is 2. The summed E-state index contributed by atoms with van der Waals surface area (Å²) in [5.41, 5.74) is 2.34. The molecule has 0 spiro atoms. The van der Waals surface area contributed by atoms with Crippen molar-refractivity contribution in [2.45, 2.75) is 6.61 Å². The predicted octanol–water partition coefficient (Wildman–Crippen LogP) is 3.90. The molecule has 0 saturated heterocycles. The molecule has 5 nitrogen and oxygen atoms in total. The third-order valence-corrected chi connectivity index (χ3v) is 3.82. The number of carbonyl (C=O) groups is 1. The van der Waals surface area contributed by atoms with Crippen LogP contribution in [-0.2, 0) is 13.7 Å². The van der Waals surface area contributed by atoms with Crippen molar-refractivity contribution in [3.63, 3.8) is 0 Å². The zero-order valence-corrected chi connectivity index (χ0v) is 14.8. The van der Waals surface area contributed by atoms with Crippen molar-refractivity contribution in [1.82, 2.24) is 9.78 Å². The first kappa shape index (κ1) is 17.5. The smallest absolute Gasteiger partial charge is 0.206 e.